The Morgan fingerprint density at radius 2 is 1.61 bits per heavy atom. The smallest absolute Gasteiger partial charge is 0.254 e. The van der Waals surface area contributed by atoms with E-state index >= 15 is 0 Å². The van der Waals surface area contributed by atoms with E-state index in [2.05, 4.69) is 22.3 Å². The van der Waals surface area contributed by atoms with Crippen LogP contribution in [0.4, 0.5) is 5.69 Å². The van der Waals surface area contributed by atoms with E-state index in [4.69, 9.17) is 0 Å². The van der Waals surface area contributed by atoms with E-state index in [-0.39, 0.29) is 17.7 Å². The molecule has 5 nitrogen and oxygen atoms in total. The third-order valence-electron chi connectivity index (χ3n) is 6.09. The van der Waals surface area contributed by atoms with Crippen LogP contribution in [0.3, 0.4) is 0 Å². The second-order valence-corrected chi connectivity index (χ2v) is 8.37. The van der Waals surface area contributed by atoms with Gasteiger partial charge in [-0.1, -0.05) is 48.5 Å². The topological polar surface area (TPSA) is 52.7 Å². The van der Waals surface area contributed by atoms with Gasteiger partial charge in [-0.15, -0.1) is 0 Å². The van der Waals surface area contributed by atoms with Gasteiger partial charge >= 0.3 is 0 Å². The molecule has 31 heavy (non-hydrogen) atoms. The molecule has 4 rings (SSSR count). The monoisotopic (exact) mass is 415 g/mol. The van der Waals surface area contributed by atoms with E-state index in [1.807, 2.05) is 73.6 Å². The van der Waals surface area contributed by atoms with Gasteiger partial charge in [0, 0.05) is 50.9 Å². The van der Waals surface area contributed by atoms with Crippen molar-refractivity contribution >= 4 is 28.3 Å². The Hall–Kier alpha value is -3.34. The van der Waals surface area contributed by atoms with Crippen molar-refractivity contribution in [1.82, 2.24) is 10.2 Å². The number of carbonyl (C=O) groups excluding carboxylic acids is 2. The van der Waals surface area contributed by atoms with Crippen LogP contribution in [0.5, 0.6) is 0 Å². The van der Waals surface area contributed by atoms with Crippen molar-refractivity contribution in [2.45, 2.75) is 19.4 Å². The van der Waals surface area contributed by atoms with Crippen LogP contribution in [-0.4, -0.2) is 43.9 Å². The number of benzene rings is 3. The van der Waals surface area contributed by atoms with Crippen molar-refractivity contribution in [3.05, 3.63) is 77.9 Å². The van der Waals surface area contributed by atoms with Crippen molar-refractivity contribution in [3.8, 4) is 0 Å². The second-order valence-electron chi connectivity index (χ2n) is 8.37. The summed E-state index contributed by atoms with van der Waals surface area (Å²) < 4.78 is 0. The molecule has 1 fully saturated rings. The van der Waals surface area contributed by atoms with Crippen molar-refractivity contribution in [1.29, 1.82) is 0 Å². The molecule has 3 aromatic rings. The predicted molar refractivity (Wildman–Crippen MR) is 125 cm³/mol. The van der Waals surface area contributed by atoms with Gasteiger partial charge in [0.25, 0.3) is 5.91 Å². The zero-order valence-electron chi connectivity index (χ0n) is 18.2. The Balaban J connectivity index is 1.31. The lowest BCUT2D eigenvalue weighted by molar-refractivity contribution is -0.126. The van der Waals surface area contributed by atoms with Gasteiger partial charge in [0.15, 0.2) is 0 Å². The number of anilines is 1. The Morgan fingerprint density at radius 1 is 0.935 bits per heavy atom. The Kier molecular flexibility index (Phi) is 6.21. The van der Waals surface area contributed by atoms with Crippen LogP contribution < -0.4 is 10.2 Å². The first-order chi connectivity index (χ1) is 15.0. The molecule has 1 heterocycles. The average Bonchev–Trinajstić information content (AvgIpc) is 2.82. The lowest BCUT2D eigenvalue weighted by Gasteiger charge is -2.31. The molecule has 1 aliphatic rings. The summed E-state index contributed by atoms with van der Waals surface area (Å²) in [7, 11) is 4.02. The van der Waals surface area contributed by atoms with Crippen LogP contribution >= 0.6 is 0 Å². The van der Waals surface area contributed by atoms with Gasteiger partial charge in [0.1, 0.15) is 0 Å². The summed E-state index contributed by atoms with van der Waals surface area (Å²) >= 11 is 0. The number of nitrogens with one attached hydrogen (secondary N) is 1. The van der Waals surface area contributed by atoms with Crippen LogP contribution in [0.1, 0.15) is 28.8 Å². The molecule has 1 N–H and O–H groups in total. The third-order valence-corrected chi connectivity index (χ3v) is 6.09. The molecule has 3 aromatic carbocycles. The standard InChI is InChI=1S/C26H29N3O2/c1-28(2)22-12-10-19(11-13-22)18-27-25(30)21-14-16-29(17-15-21)26(31)24-9-5-7-20-6-3-4-8-23(20)24/h3-13,21H,14-18H2,1-2H3,(H,27,30). The summed E-state index contributed by atoms with van der Waals surface area (Å²) in [6, 6.07) is 22.0. The molecule has 0 radical (unpaired) electrons. The fourth-order valence-corrected chi connectivity index (χ4v) is 4.17. The number of rotatable bonds is 5. The highest BCUT2D eigenvalue weighted by atomic mass is 16.2. The summed E-state index contributed by atoms with van der Waals surface area (Å²) in [6.45, 7) is 1.75. The second kappa shape index (κ2) is 9.21. The largest absolute Gasteiger partial charge is 0.378 e. The Labute approximate surface area is 183 Å². The van der Waals surface area contributed by atoms with Crippen molar-refractivity contribution in [2.24, 2.45) is 5.92 Å². The minimum absolute atomic E-state index is 0.0439. The van der Waals surface area contributed by atoms with Gasteiger partial charge in [-0.25, -0.2) is 0 Å². The van der Waals surface area contributed by atoms with Gasteiger partial charge in [0.05, 0.1) is 0 Å². The van der Waals surface area contributed by atoms with Crippen molar-refractivity contribution in [2.75, 3.05) is 32.1 Å². The van der Waals surface area contributed by atoms with Gasteiger partial charge in [-0.3, -0.25) is 9.59 Å². The number of piperidine rings is 1. The first-order valence-electron chi connectivity index (χ1n) is 10.8. The third kappa shape index (κ3) is 4.71. The molecule has 0 saturated carbocycles. The van der Waals surface area contributed by atoms with E-state index in [9.17, 15) is 9.59 Å². The van der Waals surface area contributed by atoms with Gasteiger partial charge in [0.2, 0.25) is 5.91 Å². The van der Waals surface area contributed by atoms with Crippen LogP contribution in [0.25, 0.3) is 10.8 Å². The summed E-state index contributed by atoms with van der Waals surface area (Å²) in [4.78, 5) is 29.7. The number of hydrogen-bond acceptors (Lipinski definition) is 3. The van der Waals surface area contributed by atoms with E-state index in [0.29, 0.717) is 32.5 Å². The van der Waals surface area contributed by atoms with E-state index in [1.165, 1.54) is 0 Å². The highest BCUT2D eigenvalue weighted by Gasteiger charge is 2.28. The molecule has 0 unspecified atom stereocenters. The van der Waals surface area contributed by atoms with Crippen LogP contribution in [0.2, 0.25) is 0 Å². The van der Waals surface area contributed by atoms with Crippen LogP contribution in [0, 0.1) is 5.92 Å². The quantitative estimate of drug-likeness (QED) is 0.683. The van der Waals surface area contributed by atoms with E-state index < -0.39 is 0 Å². The molecular weight excluding hydrogens is 386 g/mol. The maximum Gasteiger partial charge on any atom is 0.254 e. The van der Waals surface area contributed by atoms with Crippen LogP contribution in [-0.2, 0) is 11.3 Å². The van der Waals surface area contributed by atoms with Crippen molar-refractivity contribution in [3.63, 3.8) is 0 Å². The van der Waals surface area contributed by atoms with Gasteiger partial charge in [-0.2, -0.15) is 0 Å². The first-order valence-corrected chi connectivity index (χ1v) is 10.8. The van der Waals surface area contributed by atoms with Gasteiger partial charge < -0.3 is 15.1 Å². The molecule has 0 atom stereocenters. The molecule has 0 spiro atoms. The molecule has 2 amide bonds. The number of nitrogens with zero attached hydrogens (tertiary/aromatic N) is 2. The molecule has 0 bridgehead atoms. The molecule has 160 valence electrons. The zero-order valence-corrected chi connectivity index (χ0v) is 18.2. The normalized spacial score (nSPS) is 14.5. The molecule has 1 saturated heterocycles. The fraction of sp³-hybridized carbons (Fsp3) is 0.308. The summed E-state index contributed by atoms with van der Waals surface area (Å²) in [6.07, 6.45) is 1.39. The zero-order chi connectivity index (χ0) is 21.8. The Bertz CT molecular complexity index is 1060. The Morgan fingerprint density at radius 3 is 2.32 bits per heavy atom. The molecule has 0 aliphatic carbocycles. The number of fused-ring (bicyclic) bond motifs is 1. The lowest BCUT2D eigenvalue weighted by Crippen LogP contribution is -2.43. The van der Waals surface area contributed by atoms with Crippen molar-refractivity contribution < 1.29 is 9.59 Å². The lowest BCUT2D eigenvalue weighted by atomic mass is 9.94. The molecule has 5 heteroatoms. The average molecular weight is 416 g/mol. The number of amides is 2. The molecule has 1 aliphatic heterocycles. The minimum atomic E-state index is -0.0439. The van der Waals surface area contributed by atoms with Crippen LogP contribution in [0.15, 0.2) is 66.7 Å². The number of likely N-dealkylation sites (tertiary alicyclic amines) is 1. The summed E-state index contributed by atoms with van der Waals surface area (Å²) in [5, 5.41) is 5.11. The highest BCUT2D eigenvalue weighted by molar-refractivity contribution is 6.07. The van der Waals surface area contributed by atoms with Gasteiger partial charge in [-0.05, 0) is 47.4 Å². The maximum absolute atomic E-state index is 13.1. The summed E-state index contributed by atoms with van der Waals surface area (Å²) in [5.41, 5.74) is 2.96. The van der Waals surface area contributed by atoms with E-state index in [1.54, 1.807) is 0 Å². The minimum Gasteiger partial charge on any atom is -0.378 e. The predicted octanol–water partition coefficient (Wildman–Crippen LogP) is 4.07. The van der Waals surface area contributed by atoms with E-state index in [0.717, 1.165) is 27.6 Å². The first kappa shape index (κ1) is 20.9. The highest BCUT2D eigenvalue weighted by Crippen LogP contribution is 2.24. The number of hydrogen-bond donors (Lipinski definition) is 1. The SMILES string of the molecule is CN(C)c1ccc(CNC(=O)C2CCN(C(=O)c3cccc4ccccc34)CC2)cc1. The molecule has 0 aromatic heterocycles. The molecular formula is C26H29N3O2. The summed E-state index contributed by atoms with van der Waals surface area (Å²) in [5.74, 6) is 0.0863. The maximum atomic E-state index is 13.1. The fourth-order valence-electron chi connectivity index (χ4n) is 4.17. The number of carbonyl (C=O) groups is 2.